The lowest BCUT2D eigenvalue weighted by Crippen LogP contribution is -2.05. The van der Waals surface area contributed by atoms with Crippen molar-refractivity contribution in [1.82, 2.24) is 0 Å². The van der Waals surface area contributed by atoms with Crippen LogP contribution in [0.2, 0.25) is 0 Å². The maximum Gasteiger partial charge on any atom is 0.338 e. The van der Waals surface area contributed by atoms with Gasteiger partial charge < -0.3 is 10.5 Å². The minimum absolute atomic E-state index is 0.322. The number of hydrogen-bond donors (Lipinski definition) is 1. The molecule has 0 amide bonds. The summed E-state index contributed by atoms with van der Waals surface area (Å²) in [5.41, 5.74) is 7.12. The summed E-state index contributed by atoms with van der Waals surface area (Å²) >= 11 is 1.53. The second-order valence-corrected chi connectivity index (χ2v) is 5.00. The van der Waals surface area contributed by atoms with E-state index >= 15 is 0 Å². The predicted molar refractivity (Wildman–Crippen MR) is 77.4 cm³/mol. The Hall–Kier alpha value is -1.94. The molecule has 0 radical (unpaired) electrons. The van der Waals surface area contributed by atoms with Gasteiger partial charge in [0.2, 0.25) is 0 Å². The van der Waals surface area contributed by atoms with E-state index in [1.165, 1.54) is 11.8 Å². The number of nitrogens with two attached hydrogens (primary N) is 1. The van der Waals surface area contributed by atoms with Crippen LogP contribution in [-0.4, -0.2) is 12.6 Å². The second-order valence-electron chi connectivity index (χ2n) is 3.89. The third kappa shape index (κ3) is 3.51. The molecule has 2 N–H and O–H groups in total. The quantitative estimate of drug-likeness (QED) is 0.683. The highest BCUT2D eigenvalue weighted by molar-refractivity contribution is 7.99. The average Bonchev–Trinajstić information content (AvgIpc) is 2.42. The summed E-state index contributed by atoms with van der Waals surface area (Å²) in [6.07, 6.45) is 0. The smallest absolute Gasteiger partial charge is 0.338 e. The fourth-order valence-electron chi connectivity index (χ4n) is 1.58. The lowest BCUT2D eigenvalue weighted by molar-refractivity contribution is 0.0526. The molecule has 2 aromatic carbocycles. The standard InChI is InChI=1S/C15H15NO2S/c1-2-18-15(17)11-8-9-13(16)14(10-11)19-12-6-4-3-5-7-12/h3-10H,2,16H2,1H3. The van der Waals surface area contributed by atoms with Gasteiger partial charge in [0, 0.05) is 15.5 Å². The summed E-state index contributed by atoms with van der Waals surface area (Å²) in [5, 5.41) is 0. The highest BCUT2D eigenvalue weighted by Crippen LogP contribution is 2.32. The lowest BCUT2D eigenvalue weighted by atomic mass is 10.2. The normalized spacial score (nSPS) is 10.2. The molecule has 4 heteroatoms. The number of benzene rings is 2. The molecule has 0 fully saturated rings. The molecule has 2 aromatic rings. The molecule has 0 atom stereocenters. The van der Waals surface area contributed by atoms with Crippen molar-refractivity contribution in [3.05, 3.63) is 54.1 Å². The van der Waals surface area contributed by atoms with Gasteiger partial charge in [0.15, 0.2) is 0 Å². The lowest BCUT2D eigenvalue weighted by Gasteiger charge is -2.08. The summed E-state index contributed by atoms with van der Waals surface area (Å²) in [5.74, 6) is -0.322. The molecule has 2 rings (SSSR count). The summed E-state index contributed by atoms with van der Waals surface area (Å²) in [6, 6.07) is 15.1. The SMILES string of the molecule is CCOC(=O)c1ccc(N)c(Sc2ccccc2)c1. The Balaban J connectivity index is 2.25. The number of carbonyl (C=O) groups excluding carboxylic acids is 1. The van der Waals surface area contributed by atoms with E-state index in [2.05, 4.69) is 0 Å². The van der Waals surface area contributed by atoms with Gasteiger partial charge in [0.05, 0.1) is 12.2 Å². The fraction of sp³-hybridized carbons (Fsp3) is 0.133. The number of carbonyl (C=O) groups is 1. The van der Waals surface area contributed by atoms with Crippen LogP contribution in [0.4, 0.5) is 5.69 Å². The molecule has 0 unspecified atom stereocenters. The van der Waals surface area contributed by atoms with Gasteiger partial charge in [-0.1, -0.05) is 30.0 Å². The molecule has 0 aliphatic carbocycles. The van der Waals surface area contributed by atoms with Crippen molar-refractivity contribution >= 4 is 23.4 Å². The van der Waals surface area contributed by atoms with Crippen molar-refractivity contribution in [3.8, 4) is 0 Å². The number of ether oxygens (including phenoxy) is 1. The predicted octanol–water partition coefficient (Wildman–Crippen LogP) is 3.60. The Bertz CT molecular complexity index is 570. The fourth-order valence-corrected chi connectivity index (χ4v) is 2.50. The van der Waals surface area contributed by atoms with Gasteiger partial charge in [0.25, 0.3) is 0 Å². The van der Waals surface area contributed by atoms with Gasteiger partial charge in [-0.25, -0.2) is 4.79 Å². The van der Waals surface area contributed by atoms with Crippen molar-refractivity contribution in [3.63, 3.8) is 0 Å². The van der Waals surface area contributed by atoms with E-state index in [4.69, 9.17) is 10.5 Å². The topological polar surface area (TPSA) is 52.3 Å². The van der Waals surface area contributed by atoms with Gasteiger partial charge in [-0.2, -0.15) is 0 Å². The molecule has 0 aliphatic rings. The van der Waals surface area contributed by atoms with Crippen molar-refractivity contribution in [2.24, 2.45) is 0 Å². The molecular weight excluding hydrogens is 258 g/mol. The molecule has 0 heterocycles. The number of hydrogen-bond acceptors (Lipinski definition) is 4. The maximum atomic E-state index is 11.7. The van der Waals surface area contributed by atoms with Gasteiger partial charge in [-0.3, -0.25) is 0 Å². The summed E-state index contributed by atoms with van der Waals surface area (Å²) in [6.45, 7) is 2.15. The Morgan fingerprint density at radius 3 is 2.63 bits per heavy atom. The molecule has 0 aliphatic heterocycles. The number of rotatable bonds is 4. The van der Waals surface area contributed by atoms with E-state index in [0.717, 1.165) is 9.79 Å². The van der Waals surface area contributed by atoms with Crippen LogP contribution in [0.15, 0.2) is 58.3 Å². The molecule has 0 aromatic heterocycles. The summed E-state index contributed by atoms with van der Waals surface area (Å²) < 4.78 is 4.98. The third-order valence-electron chi connectivity index (χ3n) is 2.50. The Morgan fingerprint density at radius 1 is 1.21 bits per heavy atom. The van der Waals surface area contributed by atoms with Crippen LogP contribution in [0.1, 0.15) is 17.3 Å². The zero-order chi connectivity index (χ0) is 13.7. The van der Waals surface area contributed by atoms with Crippen molar-refractivity contribution < 1.29 is 9.53 Å². The number of anilines is 1. The largest absolute Gasteiger partial charge is 0.462 e. The van der Waals surface area contributed by atoms with Crippen molar-refractivity contribution in [2.45, 2.75) is 16.7 Å². The molecule has 0 bridgehead atoms. The highest BCUT2D eigenvalue weighted by Gasteiger charge is 2.10. The molecule has 0 saturated carbocycles. The molecule has 0 spiro atoms. The minimum Gasteiger partial charge on any atom is -0.462 e. The van der Waals surface area contributed by atoms with E-state index in [9.17, 15) is 4.79 Å². The first kappa shape index (κ1) is 13.5. The molecule has 98 valence electrons. The van der Waals surface area contributed by atoms with Crippen molar-refractivity contribution in [2.75, 3.05) is 12.3 Å². The number of nitrogen functional groups attached to an aromatic ring is 1. The van der Waals surface area contributed by atoms with Crippen LogP contribution in [0.3, 0.4) is 0 Å². The van der Waals surface area contributed by atoms with E-state index in [1.54, 1.807) is 25.1 Å². The first-order valence-corrected chi connectivity index (χ1v) is 6.82. The van der Waals surface area contributed by atoms with Gasteiger partial charge in [-0.05, 0) is 37.3 Å². The number of esters is 1. The van der Waals surface area contributed by atoms with Crippen LogP contribution in [-0.2, 0) is 4.74 Å². The van der Waals surface area contributed by atoms with Gasteiger partial charge >= 0.3 is 5.97 Å². The first-order chi connectivity index (χ1) is 9.20. The Kier molecular flexibility index (Phi) is 4.47. The van der Waals surface area contributed by atoms with Gasteiger partial charge in [0.1, 0.15) is 0 Å². The summed E-state index contributed by atoms with van der Waals surface area (Å²) in [4.78, 5) is 13.6. The van der Waals surface area contributed by atoms with Crippen LogP contribution in [0.25, 0.3) is 0 Å². The average molecular weight is 273 g/mol. The minimum atomic E-state index is -0.322. The molecule has 19 heavy (non-hydrogen) atoms. The highest BCUT2D eigenvalue weighted by atomic mass is 32.2. The van der Waals surface area contributed by atoms with Crippen LogP contribution in [0.5, 0.6) is 0 Å². The zero-order valence-electron chi connectivity index (χ0n) is 10.6. The van der Waals surface area contributed by atoms with E-state index in [1.807, 2.05) is 30.3 Å². The monoisotopic (exact) mass is 273 g/mol. The molecular formula is C15H15NO2S. The van der Waals surface area contributed by atoms with E-state index < -0.39 is 0 Å². The Morgan fingerprint density at radius 2 is 1.95 bits per heavy atom. The van der Waals surface area contributed by atoms with E-state index in [0.29, 0.717) is 17.9 Å². The van der Waals surface area contributed by atoms with Crippen LogP contribution >= 0.6 is 11.8 Å². The molecule has 3 nitrogen and oxygen atoms in total. The maximum absolute atomic E-state index is 11.7. The first-order valence-electron chi connectivity index (χ1n) is 6.00. The summed E-state index contributed by atoms with van der Waals surface area (Å²) in [7, 11) is 0. The Labute approximate surface area is 116 Å². The van der Waals surface area contributed by atoms with Gasteiger partial charge in [-0.15, -0.1) is 0 Å². The van der Waals surface area contributed by atoms with Crippen LogP contribution < -0.4 is 5.73 Å². The zero-order valence-corrected chi connectivity index (χ0v) is 11.4. The second kappa shape index (κ2) is 6.29. The van der Waals surface area contributed by atoms with E-state index in [-0.39, 0.29) is 5.97 Å². The van der Waals surface area contributed by atoms with Crippen LogP contribution in [0, 0.1) is 0 Å². The molecule has 0 saturated heterocycles. The van der Waals surface area contributed by atoms with Crippen molar-refractivity contribution in [1.29, 1.82) is 0 Å². The third-order valence-corrected chi connectivity index (χ3v) is 3.58.